The molecule has 6 nitrogen and oxygen atoms in total. The molecule has 1 aliphatic rings. The topological polar surface area (TPSA) is 65.2 Å². The predicted molar refractivity (Wildman–Crippen MR) is 99.0 cm³/mol. The van der Waals surface area contributed by atoms with E-state index in [1.54, 1.807) is 19.3 Å². The number of benzene rings is 1. The summed E-state index contributed by atoms with van der Waals surface area (Å²) in [6.07, 6.45) is 5.18. The molecule has 0 bridgehead atoms. The molecule has 27 heavy (non-hydrogen) atoms. The summed E-state index contributed by atoms with van der Waals surface area (Å²) < 4.78 is 21.1. The largest absolute Gasteiger partial charge is 0.381 e. The molecule has 136 valence electrons. The average molecular weight is 363 g/mol. The van der Waals surface area contributed by atoms with E-state index in [2.05, 4.69) is 30.6 Å². The zero-order valence-corrected chi connectivity index (χ0v) is 14.9. The minimum atomic E-state index is -0.441. The molecule has 7 heteroatoms. The number of aromatic nitrogens is 5. The molecule has 1 saturated heterocycles. The van der Waals surface area contributed by atoms with Crippen molar-refractivity contribution in [2.24, 2.45) is 0 Å². The lowest BCUT2D eigenvalue weighted by Crippen LogP contribution is -2.16. The fourth-order valence-corrected chi connectivity index (χ4v) is 3.69. The normalized spacial score (nSPS) is 15.6. The third-order valence-electron chi connectivity index (χ3n) is 5.18. The van der Waals surface area contributed by atoms with Gasteiger partial charge in [-0.3, -0.25) is 9.38 Å². The number of rotatable bonds is 2. The molecule has 1 aromatic carbocycles. The van der Waals surface area contributed by atoms with E-state index in [9.17, 15) is 4.39 Å². The minimum Gasteiger partial charge on any atom is -0.381 e. The zero-order valence-electron chi connectivity index (χ0n) is 14.9. The second-order valence-electron chi connectivity index (χ2n) is 6.93. The number of hydrogen-bond donors (Lipinski definition) is 0. The van der Waals surface area contributed by atoms with Gasteiger partial charge in [-0.2, -0.15) is 4.39 Å². The molecular formula is C20H18FN5O. The summed E-state index contributed by atoms with van der Waals surface area (Å²) in [6, 6.07) is 7.81. The van der Waals surface area contributed by atoms with Crippen LogP contribution in [0.2, 0.25) is 0 Å². The maximum absolute atomic E-state index is 13.5. The summed E-state index contributed by atoms with van der Waals surface area (Å²) in [5.41, 5.74) is 4.89. The van der Waals surface area contributed by atoms with Gasteiger partial charge in [-0.05, 0) is 43.5 Å². The molecule has 0 N–H and O–H groups in total. The monoisotopic (exact) mass is 363 g/mol. The maximum atomic E-state index is 13.5. The first-order chi connectivity index (χ1) is 13.2. The highest BCUT2D eigenvalue weighted by Crippen LogP contribution is 2.30. The van der Waals surface area contributed by atoms with Crippen LogP contribution >= 0.6 is 0 Å². The summed E-state index contributed by atoms with van der Waals surface area (Å²) in [4.78, 5) is 8.36. The Kier molecular flexibility index (Phi) is 3.82. The molecule has 0 atom stereocenters. The van der Waals surface area contributed by atoms with Gasteiger partial charge in [-0.15, -0.1) is 10.2 Å². The summed E-state index contributed by atoms with van der Waals surface area (Å²) in [6.45, 7) is 3.21. The van der Waals surface area contributed by atoms with Gasteiger partial charge in [0.05, 0.1) is 17.2 Å². The molecule has 1 aliphatic heterocycles. The van der Waals surface area contributed by atoms with Gasteiger partial charge in [-0.1, -0.05) is 6.07 Å². The van der Waals surface area contributed by atoms with Crippen molar-refractivity contribution in [3.63, 3.8) is 0 Å². The molecule has 0 spiro atoms. The van der Waals surface area contributed by atoms with Crippen LogP contribution in [0, 0.1) is 12.9 Å². The first-order valence-electron chi connectivity index (χ1n) is 9.05. The van der Waals surface area contributed by atoms with Gasteiger partial charge in [-0.25, -0.2) is 4.98 Å². The SMILES string of the molecule is Cc1cc(-c2ccc3ncc4nnc(C5CCOCC5)n4c3c2)cnc1F. The smallest absolute Gasteiger partial charge is 0.215 e. The van der Waals surface area contributed by atoms with Gasteiger partial charge in [0.1, 0.15) is 5.82 Å². The van der Waals surface area contributed by atoms with Crippen LogP contribution in [0.15, 0.2) is 36.7 Å². The van der Waals surface area contributed by atoms with Crippen molar-refractivity contribution < 1.29 is 9.13 Å². The van der Waals surface area contributed by atoms with E-state index in [0.717, 1.165) is 59.7 Å². The Hall–Kier alpha value is -2.93. The molecule has 3 aromatic heterocycles. The van der Waals surface area contributed by atoms with Gasteiger partial charge in [0.15, 0.2) is 5.65 Å². The lowest BCUT2D eigenvalue weighted by molar-refractivity contribution is 0.0834. The highest BCUT2D eigenvalue weighted by molar-refractivity contribution is 5.83. The van der Waals surface area contributed by atoms with Crippen LogP contribution < -0.4 is 0 Å². The lowest BCUT2D eigenvalue weighted by Gasteiger charge is -2.20. The molecule has 0 aliphatic carbocycles. The number of hydrogen-bond acceptors (Lipinski definition) is 5. The lowest BCUT2D eigenvalue weighted by atomic mass is 9.99. The van der Waals surface area contributed by atoms with Crippen LogP contribution in [-0.4, -0.2) is 37.8 Å². The van der Waals surface area contributed by atoms with Crippen molar-refractivity contribution in [2.45, 2.75) is 25.7 Å². The Balaban J connectivity index is 1.71. The van der Waals surface area contributed by atoms with Crippen LogP contribution in [0.4, 0.5) is 4.39 Å². The number of halogens is 1. The number of fused-ring (bicyclic) bond motifs is 3. The van der Waals surface area contributed by atoms with Crippen molar-refractivity contribution in [2.75, 3.05) is 13.2 Å². The summed E-state index contributed by atoms with van der Waals surface area (Å²) >= 11 is 0. The number of ether oxygens (including phenoxy) is 1. The Bertz CT molecular complexity index is 1150. The van der Waals surface area contributed by atoms with Crippen molar-refractivity contribution in [1.29, 1.82) is 0 Å². The molecule has 4 aromatic rings. The van der Waals surface area contributed by atoms with Gasteiger partial charge >= 0.3 is 0 Å². The Morgan fingerprint density at radius 1 is 1.04 bits per heavy atom. The van der Waals surface area contributed by atoms with Crippen LogP contribution in [-0.2, 0) is 4.74 Å². The van der Waals surface area contributed by atoms with Crippen LogP contribution in [0.25, 0.3) is 27.8 Å². The minimum absolute atomic E-state index is 0.317. The van der Waals surface area contributed by atoms with E-state index < -0.39 is 5.95 Å². The standard InChI is InChI=1S/C20H18FN5O/c1-12-8-15(10-23-19(12)21)14-2-3-16-17(9-14)26-18(11-22-16)24-25-20(26)13-4-6-27-7-5-13/h2-3,8-11,13H,4-7H2,1H3. The number of nitrogens with zero attached hydrogens (tertiary/aromatic N) is 5. The Labute approximate surface area is 155 Å². The predicted octanol–water partition coefficient (Wildman–Crippen LogP) is 3.68. The van der Waals surface area contributed by atoms with Gasteiger partial charge in [0.25, 0.3) is 0 Å². The fraction of sp³-hybridized carbons (Fsp3) is 0.300. The first kappa shape index (κ1) is 16.3. The number of aryl methyl sites for hydroxylation is 1. The average Bonchev–Trinajstić information content (AvgIpc) is 3.15. The van der Waals surface area contributed by atoms with Gasteiger partial charge < -0.3 is 4.74 Å². The van der Waals surface area contributed by atoms with E-state index in [1.165, 1.54) is 0 Å². The highest BCUT2D eigenvalue weighted by Gasteiger charge is 2.22. The molecular weight excluding hydrogens is 345 g/mol. The summed E-state index contributed by atoms with van der Waals surface area (Å²) in [7, 11) is 0. The number of pyridine rings is 1. The highest BCUT2D eigenvalue weighted by atomic mass is 19.1. The molecule has 0 radical (unpaired) electrons. The second-order valence-corrected chi connectivity index (χ2v) is 6.93. The maximum Gasteiger partial charge on any atom is 0.215 e. The quantitative estimate of drug-likeness (QED) is 0.508. The first-order valence-corrected chi connectivity index (χ1v) is 9.05. The van der Waals surface area contributed by atoms with Crippen molar-refractivity contribution in [3.8, 4) is 11.1 Å². The fourth-order valence-electron chi connectivity index (χ4n) is 3.69. The van der Waals surface area contributed by atoms with Gasteiger partial charge in [0, 0.05) is 36.5 Å². The van der Waals surface area contributed by atoms with Crippen molar-refractivity contribution in [1.82, 2.24) is 24.6 Å². The summed E-state index contributed by atoms with van der Waals surface area (Å²) in [5.74, 6) is 0.827. The van der Waals surface area contributed by atoms with E-state index in [0.29, 0.717) is 11.5 Å². The van der Waals surface area contributed by atoms with E-state index in [1.807, 2.05) is 18.2 Å². The molecule has 0 saturated carbocycles. The van der Waals surface area contributed by atoms with E-state index in [4.69, 9.17) is 4.74 Å². The third-order valence-corrected chi connectivity index (χ3v) is 5.18. The van der Waals surface area contributed by atoms with Crippen LogP contribution in [0.1, 0.15) is 30.1 Å². The van der Waals surface area contributed by atoms with Crippen LogP contribution in [0.3, 0.4) is 0 Å². The second kappa shape index (κ2) is 6.35. The molecule has 5 rings (SSSR count). The van der Waals surface area contributed by atoms with E-state index in [-0.39, 0.29) is 0 Å². The Morgan fingerprint density at radius 3 is 2.70 bits per heavy atom. The van der Waals surface area contributed by atoms with Crippen molar-refractivity contribution in [3.05, 3.63) is 54.0 Å². The Morgan fingerprint density at radius 2 is 1.89 bits per heavy atom. The molecule has 0 unspecified atom stereocenters. The van der Waals surface area contributed by atoms with Gasteiger partial charge in [0.2, 0.25) is 5.95 Å². The van der Waals surface area contributed by atoms with E-state index >= 15 is 0 Å². The molecule has 0 amide bonds. The van der Waals surface area contributed by atoms with Crippen molar-refractivity contribution >= 4 is 16.7 Å². The molecule has 4 heterocycles. The zero-order chi connectivity index (χ0) is 18.4. The summed E-state index contributed by atoms with van der Waals surface area (Å²) in [5, 5.41) is 8.77. The van der Waals surface area contributed by atoms with Crippen LogP contribution in [0.5, 0.6) is 0 Å². The third kappa shape index (κ3) is 2.75. The molecule has 1 fully saturated rings.